The number of carbonyl (C=O) groups is 1. The van der Waals surface area contributed by atoms with Gasteiger partial charge in [0.25, 0.3) is 0 Å². The minimum Gasteiger partial charge on any atom is -0.348 e. The van der Waals surface area contributed by atoms with Crippen LogP contribution in [0.15, 0.2) is 30.6 Å². The average molecular weight is 325 g/mol. The van der Waals surface area contributed by atoms with Gasteiger partial charge in [-0.2, -0.15) is 5.10 Å². The number of hydrogen-bond donors (Lipinski definition) is 2. The molecule has 0 unspecified atom stereocenters. The normalized spacial score (nSPS) is 22.5. The number of rotatable bonds is 4. The molecule has 2 aliphatic rings. The Balaban J connectivity index is 1.30. The Kier molecular flexibility index (Phi) is 4.30. The number of nitrogens with one attached hydrogen (secondary N) is 2. The maximum absolute atomic E-state index is 12.4. The molecule has 0 fully saturated rings. The highest BCUT2D eigenvalue weighted by Gasteiger charge is 2.23. The van der Waals surface area contributed by atoms with E-state index < -0.39 is 0 Å². The smallest absolute Gasteiger partial charge is 0.234 e. The van der Waals surface area contributed by atoms with Crippen molar-refractivity contribution in [2.45, 2.75) is 50.7 Å². The van der Waals surface area contributed by atoms with E-state index in [2.05, 4.69) is 45.0 Å². The minimum absolute atomic E-state index is 0.0705. The second-order valence-electron chi connectivity index (χ2n) is 6.69. The Bertz CT molecular complexity index is 726. The standard InChI is InChI=1S/C18H23N5O/c24-18(10-19-14-8-9-17-20-12-21-23(17)11-14)22-16-7-3-5-13-4-1-2-6-15(13)16/h1-2,4,6,12,14,16,19H,3,5,7-11H2,(H,22,24)/t14-,16-/m1/s1. The van der Waals surface area contributed by atoms with E-state index in [9.17, 15) is 4.79 Å². The van der Waals surface area contributed by atoms with Crippen molar-refractivity contribution in [3.8, 4) is 0 Å². The summed E-state index contributed by atoms with van der Waals surface area (Å²) < 4.78 is 1.93. The Labute approximate surface area is 141 Å². The monoisotopic (exact) mass is 325 g/mol. The lowest BCUT2D eigenvalue weighted by atomic mass is 9.88. The molecule has 6 nitrogen and oxygen atoms in total. The van der Waals surface area contributed by atoms with Crippen LogP contribution in [-0.4, -0.2) is 33.3 Å². The fraction of sp³-hybridized carbons (Fsp3) is 0.500. The summed E-state index contributed by atoms with van der Waals surface area (Å²) in [5.41, 5.74) is 2.65. The number of aromatic nitrogens is 3. The van der Waals surface area contributed by atoms with Crippen molar-refractivity contribution in [2.24, 2.45) is 0 Å². The molecule has 0 saturated heterocycles. The molecule has 0 saturated carbocycles. The number of hydrogen-bond acceptors (Lipinski definition) is 4. The zero-order valence-electron chi connectivity index (χ0n) is 13.7. The molecule has 126 valence electrons. The van der Waals surface area contributed by atoms with Crippen molar-refractivity contribution in [1.82, 2.24) is 25.4 Å². The van der Waals surface area contributed by atoms with E-state index in [1.807, 2.05) is 4.68 Å². The molecule has 1 aliphatic heterocycles. The highest BCUT2D eigenvalue weighted by molar-refractivity contribution is 5.78. The van der Waals surface area contributed by atoms with Gasteiger partial charge in [0.2, 0.25) is 5.91 Å². The first-order valence-corrected chi connectivity index (χ1v) is 8.77. The lowest BCUT2D eigenvalue weighted by Crippen LogP contribution is -2.44. The third kappa shape index (κ3) is 3.19. The van der Waals surface area contributed by atoms with Crippen LogP contribution in [0.5, 0.6) is 0 Å². The molecule has 1 aliphatic carbocycles. The van der Waals surface area contributed by atoms with E-state index in [1.165, 1.54) is 11.1 Å². The summed E-state index contributed by atoms with van der Waals surface area (Å²) in [4.78, 5) is 16.6. The van der Waals surface area contributed by atoms with E-state index in [0.717, 1.165) is 44.5 Å². The van der Waals surface area contributed by atoms with Crippen LogP contribution in [0.25, 0.3) is 0 Å². The fourth-order valence-electron chi connectivity index (χ4n) is 3.79. The summed E-state index contributed by atoms with van der Waals surface area (Å²) >= 11 is 0. The van der Waals surface area contributed by atoms with Crippen molar-refractivity contribution < 1.29 is 4.79 Å². The Hall–Kier alpha value is -2.21. The van der Waals surface area contributed by atoms with Gasteiger partial charge in [-0.1, -0.05) is 24.3 Å². The van der Waals surface area contributed by atoms with Gasteiger partial charge in [-0.15, -0.1) is 0 Å². The molecule has 1 aromatic carbocycles. The largest absolute Gasteiger partial charge is 0.348 e. The number of fused-ring (bicyclic) bond motifs is 2. The van der Waals surface area contributed by atoms with Gasteiger partial charge in [-0.3, -0.25) is 4.79 Å². The molecule has 2 aromatic rings. The van der Waals surface area contributed by atoms with Gasteiger partial charge < -0.3 is 10.6 Å². The molecule has 1 amide bonds. The summed E-state index contributed by atoms with van der Waals surface area (Å²) in [6, 6.07) is 8.87. The molecule has 0 radical (unpaired) electrons. The lowest BCUT2D eigenvalue weighted by Gasteiger charge is -2.27. The first-order valence-electron chi connectivity index (χ1n) is 8.77. The van der Waals surface area contributed by atoms with Crippen LogP contribution in [-0.2, 0) is 24.2 Å². The van der Waals surface area contributed by atoms with Crippen LogP contribution < -0.4 is 10.6 Å². The third-order valence-electron chi connectivity index (χ3n) is 5.06. The van der Waals surface area contributed by atoms with Crippen molar-refractivity contribution in [3.05, 3.63) is 47.5 Å². The molecule has 6 heteroatoms. The molecule has 24 heavy (non-hydrogen) atoms. The number of carbonyl (C=O) groups excluding carboxylic acids is 1. The summed E-state index contributed by atoms with van der Waals surface area (Å²) in [5.74, 6) is 1.11. The van der Waals surface area contributed by atoms with Gasteiger partial charge in [-0.25, -0.2) is 9.67 Å². The third-order valence-corrected chi connectivity index (χ3v) is 5.06. The molecular weight excluding hydrogens is 302 g/mol. The minimum atomic E-state index is 0.0705. The number of aryl methyl sites for hydroxylation is 2. The molecule has 0 bridgehead atoms. The quantitative estimate of drug-likeness (QED) is 0.891. The molecule has 4 rings (SSSR count). The van der Waals surface area contributed by atoms with Gasteiger partial charge >= 0.3 is 0 Å². The van der Waals surface area contributed by atoms with Crippen LogP contribution >= 0.6 is 0 Å². The van der Waals surface area contributed by atoms with Crippen molar-refractivity contribution >= 4 is 5.91 Å². The van der Waals surface area contributed by atoms with Crippen LogP contribution in [0.3, 0.4) is 0 Å². The predicted molar refractivity (Wildman–Crippen MR) is 90.4 cm³/mol. The topological polar surface area (TPSA) is 71.8 Å². The van der Waals surface area contributed by atoms with Gasteiger partial charge in [0.05, 0.1) is 19.1 Å². The van der Waals surface area contributed by atoms with E-state index >= 15 is 0 Å². The molecule has 1 aromatic heterocycles. The fourth-order valence-corrected chi connectivity index (χ4v) is 3.79. The zero-order chi connectivity index (χ0) is 16.4. The van der Waals surface area contributed by atoms with Gasteiger partial charge in [0, 0.05) is 12.5 Å². The second kappa shape index (κ2) is 6.73. The zero-order valence-corrected chi connectivity index (χ0v) is 13.7. The number of nitrogens with zero attached hydrogens (tertiary/aromatic N) is 3. The Morgan fingerprint density at radius 1 is 1.25 bits per heavy atom. The maximum atomic E-state index is 12.4. The number of benzene rings is 1. The van der Waals surface area contributed by atoms with Gasteiger partial charge in [-0.05, 0) is 36.8 Å². The molecule has 2 N–H and O–H groups in total. The Morgan fingerprint density at radius 3 is 3.12 bits per heavy atom. The average Bonchev–Trinajstić information content (AvgIpc) is 3.08. The van der Waals surface area contributed by atoms with Crippen molar-refractivity contribution in [2.75, 3.05) is 6.54 Å². The van der Waals surface area contributed by atoms with E-state index in [0.29, 0.717) is 6.54 Å². The van der Waals surface area contributed by atoms with Crippen LogP contribution in [0.4, 0.5) is 0 Å². The molecule has 2 heterocycles. The first kappa shape index (κ1) is 15.3. The number of amides is 1. The molecule has 2 atom stereocenters. The summed E-state index contributed by atoms with van der Waals surface area (Å²) in [5, 5.41) is 10.8. The second-order valence-corrected chi connectivity index (χ2v) is 6.69. The van der Waals surface area contributed by atoms with Gasteiger partial charge in [0.15, 0.2) is 0 Å². The van der Waals surface area contributed by atoms with Crippen LogP contribution in [0.2, 0.25) is 0 Å². The van der Waals surface area contributed by atoms with Crippen LogP contribution in [0.1, 0.15) is 42.3 Å². The maximum Gasteiger partial charge on any atom is 0.234 e. The highest BCUT2D eigenvalue weighted by atomic mass is 16.2. The van der Waals surface area contributed by atoms with Crippen LogP contribution in [0, 0.1) is 0 Å². The van der Waals surface area contributed by atoms with E-state index in [-0.39, 0.29) is 18.0 Å². The van der Waals surface area contributed by atoms with Crippen molar-refractivity contribution in [3.63, 3.8) is 0 Å². The lowest BCUT2D eigenvalue weighted by molar-refractivity contribution is -0.121. The van der Waals surface area contributed by atoms with E-state index in [1.54, 1.807) is 6.33 Å². The van der Waals surface area contributed by atoms with Crippen molar-refractivity contribution in [1.29, 1.82) is 0 Å². The summed E-state index contributed by atoms with van der Waals surface area (Å²) in [6.07, 6.45) is 6.78. The molecule has 0 spiro atoms. The van der Waals surface area contributed by atoms with Gasteiger partial charge in [0.1, 0.15) is 12.2 Å². The highest BCUT2D eigenvalue weighted by Crippen LogP contribution is 2.29. The SMILES string of the molecule is O=C(CN[C@@H]1CCc2ncnn2C1)N[C@@H]1CCCc2ccccc21. The first-order chi connectivity index (χ1) is 11.8. The summed E-state index contributed by atoms with van der Waals surface area (Å²) in [7, 11) is 0. The Morgan fingerprint density at radius 2 is 2.17 bits per heavy atom. The molecular formula is C18H23N5O. The summed E-state index contributed by atoms with van der Waals surface area (Å²) in [6.45, 7) is 1.14. The predicted octanol–water partition coefficient (Wildman–Crippen LogP) is 1.38. The van der Waals surface area contributed by atoms with E-state index in [4.69, 9.17) is 0 Å².